The Morgan fingerprint density at radius 1 is 1.61 bits per heavy atom. The van der Waals surface area contributed by atoms with Gasteiger partial charge in [-0.3, -0.25) is 4.79 Å². The summed E-state index contributed by atoms with van der Waals surface area (Å²) in [5.41, 5.74) is 4.59. The molecule has 1 aliphatic heterocycles. The van der Waals surface area contributed by atoms with Crippen LogP contribution in [0.25, 0.3) is 0 Å². The molecule has 6 nitrogen and oxygen atoms in total. The molecule has 2 rings (SSSR count). The van der Waals surface area contributed by atoms with Crippen molar-refractivity contribution in [2.24, 2.45) is 11.5 Å². The zero-order valence-corrected chi connectivity index (χ0v) is 12.1. The predicted octanol–water partition coefficient (Wildman–Crippen LogP) is -0.0931. The standard InChI is InChI=1S/C14H14F3N3O3/c1-3-8-10-7(12(2,6-23-10)11(19)21)4-9(20-8)13(22,5-18)14(15,16)17/h1,4,22H,5-6,18H2,2H3,(H2,19,21)/t12-,13?/m0/s1. The highest BCUT2D eigenvalue weighted by Gasteiger charge is 2.56. The van der Waals surface area contributed by atoms with Crippen LogP contribution in [0.3, 0.4) is 0 Å². The number of nitrogens with two attached hydrogens (primary N) is 2. The molecule has 23 heavy (non-hydrogen) atoms. The number of pyridine rings is 1. The molecule has 0 saturated carbocycles. The van der Waals surface area contributed by atoms with Crippen molar-refractivity contribution in [1.29, 1.82) is 0 Å². The van der Waals surface area contributed by atoms with Crippen molar-refractivity contribution >= 4 is 5.91 Å². The van der Waals surface area contributed by atoms with Gasteiger partial charge in [-0.05, 0) is 18.9 Å². The summed E-state index contributed by atoms with van der Waals surface area (Å²) in [7, 11) is 0. The highest BCUT2D eigenvalue weighted by Crippen LogP contribution is 2.44. The third-order valence-electron chi connectivity index (χ3n) is 3.94. The van der Waals surface area contributed by atoms with Crippen LogP contribution < -0.4 is 16.2 Å². The molecule has 2 atom stereocenters. The number of carbonyl (C=O) groups is 1. The lowest BCUT2D eigenvalue weighted by Gasteiger charge is -2.29. The normalized spacial score (nSPS) is 22.7. The van der Waals surface area contributed by atoms with Crippen LogP contribution in [0.2, 0.25) is 0 Å². The molecule has 124 valence electrons. The van der Waals surface area contributed by atoms with Gasteiger partial charge in [-0.2, -0.15) is 13.2 Å². The molecule has 5 N–H and O–H groups in total. The van der Waals surface area contributed by atoms with Gasteiger partial charge in [0.15, 0.2) is 11.4 Å². The zero-order valence-electron chi connectivity index (χ0n) is 12.1. The molecule has 0 fully saturated rings. The summed E-state index contributed by atoms with van der Waals surface area (Å²) in [6.45, 7) is 0.0469. The summed E-state index contributed by atoms with van der Waals surface area (Å²) in [4.78, 5) is 15.3. The molecular formula is C14H14F3N3O3. The molecule has 1 aromatic rings. The summed E-state index contributed by atoms with van der Waals surface area (Å²) in [6, 6.07) is 0.911. The second-order valence-electron chi connectivity index (χ2n) is 5.42. The first-order chi connectivity index (χ1) is 10.5. The van der Waals surface area contributed by atoms with Crippen molar-refractivity contribution in [1.82, 2.24) is 4.98 Å². The van der Waals surface area contributed by atoms with Crippen molar-refractivity contribution in [2.45, 2.75) is 24.1 Å². The Morgan fingerprint density at radius 3 is 2.65 bits per heavy atom. The van der Waals surface area contributed by atoms with Crippen molar-refractivity contribution in [3.05, 3.63) is 23.0 Å². The van der Waals surface area contributed by atoms with E-state index in [1.165, 1.54) is 6.92 Å². The van der Waals surface area contributed by atoms with E-state index in [4.69, 9.17) is 22.6 Å². The maximum absolute atomic E-state index is 13.2. The van der Waals surface area contributed by atoms with Crippen LogP contribution in [0.1, 0.15) is 23.9 Å². The highest BCUT2D eigenvalue weighted by atomic mass is 19.4. The topological polar surface area (TPSA) is 111 Å². The van der Waals surface area contributed by atoms with E-state index in [0.29, 0.717) is 0 Å². The van der Waals surface area contributed by atoms with E-state index in [-0.39, 0.29) is 23.6 Å². The van der Waals surface area contributed by atoms with E-state index in [1.807, 2.05) is 0 Å². The minimum Gasteiger partial charge on any atom is -0.489 e. The van der Waals surface area contributed by atoms with Crippen LogP contribution in [0.4, 0.5) is 13.2 Å². The largest absolute Gasteiger partial charge is 0.489 e. The summed E-state index contributed by atoms with van der Waals surface area (Å²) in [5.74, 6) is 1.28. The van der Waals surface area contributed by atoms with Crippen molar-refractivity contribution in [3.63, 3.8) is 0 Å². The van der Waals surface area contributed by atoms with Gasteiger partial charge in [-0.1, -0.05) is 0 Å². The molecule has 1 unspecified atom stereocenters. The van der Waals surface area contributed by atoms with Crippen LogP contribution in [0.15, 0.2) is 6.07 Å². The SMILES string of the molecule is C#Cc1nc(C(O)(CN)C(F)(F)F)cc2c1OC[C@]2(C)C(N)=O. The molecular weight excluding hydrogens is 315 g/mol. The first kappa shape index (κ1) is 17.1. The van der Waals surface area contributed by atoms with Crippen molar-refractivity contribution < 1.29 is 27.8 Å². The van der Waals surface area contributed by atoms with E-state index < -0.39 is 35.3 Å². The summed E-state index contributed by atoms with van der Waals surface area (Å²) in [5, 5.41) is 9.95. The van der Waals surface area contributed by atoms with Gasteiger partial charge < -0.3 is 21.3 Å². The fourth-order valence-corrected chi connectivity index (χ4v) is 2.26. The Morgan fingerprint density at radius 2 is 2.22 bits per heavy atom. The summed E-state index contributed by atoms with van der Waals surface area (Å²) >= 11 is 0. The second kappa shape index (κ2) is 5.11. The van der Waals surface area contributed by atoms with Crippen molar-refractivity contribution in [3.8, 4) is 18.1 Å². The van der Waals surface area contributed by atoms with Crippen molar-refractivity contribution in [2.75, 3.05) is 13.2 Å². The first-order valence-electron chi connectivity index (χ1n) is 6.45. The highest BCUT2D eigenvalue weighted by molar-refractivity contribution is 5.88. The number of carbonyl (C=O) groups excluding carboxylic acids is 1. The lowest BCUT2D eigenvalue weighted by atomic mass is 9.82. The minimum absolute atomic E-state index is 0.000837. The lowest BCUT2D eigenvalue weighted by Crippen LogP contribution is -2.49. The number of nitrogens with zero attached hydrogens (tertiary/aromatic N) is 1. The number of terminal acetylenes is 1. The number of alkyl halides is 3. The van der Waals surface area contributed by atoms with Gasteiger partial charge in [-0.15, -0.1) is 6.42 Å². The number of rotatable bonds is 3. The minimum atomic E-state index is -5.09. The molecule has 0 spiro atoms. The third-order valence-corrected chi connectivity index (χ3v) is 3.94. The molecule has 1 aromatic heterocycles. The number of halogens is 3. The Hall–Kier alpha value is -2.31. The van der Waals surface area contributed by atoms with Gasteiger partial charge in [-0.25, -0.2) is 4.98 Å². The van der Waals surface area contributed by atoms with E-state index in [0.717, 1.165) is 6.07 Å². The average Bonchev–Trinajstić information content (AvgIpc) is 2.83. The number of fused-ring (bicyclic) bond motifs is 1. The lowest BCUT2D eigenvalue weighted by molar-refractivity contribution is -0.263. The monoisotopic (exact) mass is 329 g/mol. The molecule has 1 aliphatic rings. The Balaban J connectivity index is 2.77. The van der Waals surface area contributed by atoms with Gasteiger partial charge in [0.2, 0.25) is 11.5 Å². The predicted molar refractivity (Wildman–Crippen MR) is 73.2 cm³/mol. The fourth-order valence-electron chi connectivity index (χ4n) is 2.26. The summed E-state index contributed by atoms with van der Waals surface area (Å²) in [6.07, 6.45) is 0.162. The van der Waals surface area contributed by atoms with Gasteiger partial charge in [0.1, 0.15) is 12.0 Å². The van der Waals surface area contributed by atoms with Crippen LogP contribution >= 0.6 is 0 Å². The number of primary amides is 1. The third kappa shape index (κ3) is 2.31. The summed E-state index contributed by atoms with van der Waals surface area (Å²) < 4.78 is 44.8. The Bertz CT molecular complexity index is 714. The number of aliphatic hydroxyl groups is 1. The average molecular weight is 329 g/mol. The molecule has 9 heteroatoms. The quantitative estimate of drug-likeness (QED) is 0.671. The molecule has 0 saturated heterocycles. The first-order valence-corrected chi connectivity index (χ1v) is 6.45. The number of hydrogen-bond donors (Lipinski definition) is 3. The van der Waals surface area contributed by atoms with E-state index in [1.54, 1.807) is 0 Å². The van der Waals surface area contributed by atoms with Crippen LogP contribution in [-0.4, -0.2) is 35.3 Å². The van der Waals surface area contributed by atoms with E-state index in [2.05, 4.69) is 10.9 Å². The van der Waals surface area contributed by atoms with Crippen LogP contribution in [0, 0.1) is 12.3 Å². The van der Waals surface area contributed by atoms with Crippen LogP contribution in [0.5, 0.6) is 5.75 Å². The van der Waals surface area contributed by atoms with Gasteiger partial charge in [0.05, 0.1) is 5.69 Å². The molecule has 1 amide bonds. The van der Waals surface area contributed by atoms with Crippen LogP contribution in [-0.2, 0) is 15.8 Å². The number of ether oxygens (including phenoxy) is 1. The number of aromatic nitrogens is 1. The smallest absolute Gasteiger partial charge is 0.424 e. The Labute approximate surface area is 129 Å². The van der Waals surface area contributed by atoms with E-state index >= 15 is 0 Å². The molecule has 0 aliphatic carbocycles. The maximum Gasteiger partial charge on any atom is 0.424 e. The van der Waals surface area contributed by atoms with Gasteiger partial charge in [0.25, 0.3) is 0 Å². The van der Waals surface area contributed by atoms with Gasteiger partial charge in [0, 0.05) is 12.1 Å². The van der Waals surface area contributed by atoms with E-state index in [9.17, 15) is 23.1 Å². The molecule has 0 radical (unpaired) electrons. The number of hydrogen-bond acceptors (Lipinski definition) is 5. The maximum atomic E-state index is 13.2. The molecule has 2 heterocycles. The zero-order chi connectivity index (χ0) is 17.6. The fraction of sp³-hybridized carbons (Fsp3) is 0.429. The number of amides is 1. The Kier molecular flexibility index (Phi) is 3.79. The molecule has 0 bridgehead atoms. The van der Waals surface area contributed by atoms with Gasteiger partial charge >= 0.3 is 6.18 Å². The molecule has 0 aromatic carbocycles. The second-order valence-corrected chi connectivity index (χ2v) is 5.42.